The number of rotatable bonds is 7. The van der Waals surface area contributed by atoms with Crippen molar-refractivity contribution in [3.63, 3.8) is 0 Å². The van der Waals surface area contributed by atoms with E-state index in [2.05, 4.69) is 18.3 Å². The Morgan fingerprint density at radius 2 is 2.35 bits per heavy atom. The molecule has 1 fully saturated rings. The molecule has 3 atom stereocenters. The Morgan fingerprint density at radius 1 is 1.59 bits per heavy atom. The maximum Gasteiger partial charge on any atom is 0.117 e. The molecule has 2 rings (SSSR count). The van der Waals surface area contributed by atoms with Crippen LogP contribution in [0.25, 0.3) is 0 Å². The second kappa shape index (κ2) is 5.67. The molecule has 4 nitrogen and oxygen atoms in total. The minimum absolute atomic E-state index is 0.0339. The zero-order valence-corrected chi connectivity index (χ0v) is 10.5. The fourth-order valence-corrected chi connectivity index (χ4v) is 2.03. The summed E-state index contributed by atoms with van der Waals surface area (Å²) in [6, 6.07) is 4.04. The summed E-state index contributed by atoms with van der Waals surface area (Å²) in [6.45, 7) is 3.45. The smallest absolute Gasteiger partial charge is 0.117 e. The molecule has 3 unspecified atom stereocenters. The van der Waals surface area contributed by atoms with E-state index in [4.69, 9.17) is 14.3 Å². The number of furan rings is 1. The second-order valence-corrected chi connectivity index (χ2v) is 4.84. The lowest BCUT2D eigenvalue weighted by Crippen LogP contribution is -2.35. The number of hydrogen-bond acceptors (Lipinski definition) is 4. The van der Waals surface area contributed by atoms with Crippen molar-refractivity contribution in [2.24, 2.45) is 5.92 Å². The Labute approximate surface area is 102 Å². The summed E-state index contributed by atoms with van der Waals surface area (Å²) in [5.41, 5.74) is 0. The first kappa shape index (κ1) is 12.6. The first-order valence-electron chi connectivity index (χ1n) is 6.16. The van der Waals surface area contributed by atoms with Gasteiger partial charge in [0.1, 0.15) is 11.5 Å². The normalized spacial score (nSPS) is 24.9. The number of aliphatic hydroxyl groups excluding tert-OH is 1. The molecule has 4 heteroatoms. The van der Waals surface area contributed by atoms with Gasteiger partial charge in [0.2, 0.25) is 0 Å². The molecule has 0 bridgehead atoms. The predicted octanol–water partition coefficient (Wildman–Crippen LogP) is 1.50. The van der Waals surface area contributed by atoms with Gasteiger partial charge in [-0.25, -0.2) is 0 Å². The first-order valence-corrected chi connectivity index (χ1v) is 6.16. The Hall–Kier alpha value is -0.840. The van der Waals surface area contributed by atoms with Crippen molar-refractivity contribution in [3.8, 4) is 0 Å². The molecule has 0 saturated heterocycles. The fraction of sp³-hybridized carbons (Fsp3) is 0.692. The van der Waals surface area contributed by atoms with Crippen molar-refractivity contribution >= 4 is 0 Å². The van der Waals surface area contributed by atoms with Crippen molar-refractivity contribution in [1.82, 2.24) is 5.32 Å². The van der Waals surface area contributed by atoms with Crippen LogP contribution >= 0.6 is 0 Å². The van der Waals surface area contributed by atoms with E-state index in [0.29, 0.717) is 19.1 Å². The van der Waals surface area contributed by atoms with Crippen LogP contribution in [0.3, 0.4) is 0 Å². The zero-order chi connectivity index (χ0) is 12.3. The topological polar surface area (TPSA) is 54.6 Å². The number of hydrogen-bond donors (Lipinski definition) is 2. The van der Waals surface area contributed by atoms with Gasteiger partial charge in [-0.05, 0) is 24.5 Å². The van der Waals surface area contributed by atoms with E-state index in [-0.39, 0.29) is 12.6 Å². The third-order valence-electron chi connectivity index (χ3n) is 3.31. The molecule has 0 aromatic carbocycles. The molecule has 96 valence electrons. The molecule has 2 N–H and O–H groups in total. The summed E-state index contributed by atoms with van der Waals surface area (Å²) >= 11 is 0. The number of nitrogens with one attached hydrogen (secondary N) is 1. The average molecular weight is 239 g/mol. The molecule has 17 heavy (non-hydrogen) atoms. The van der Waals surface area contributed by atoms with Crippen molar-refractivity contribution in [1.29, 1.82) is 0 Å². The van der Waals surface area contributed by atoms with Crippen LogP contribution in [0.5, 0.6) is 0 Å². The minimum Gasteiger partial charge on any atom is -0.464 e. The quantitative estimate of drug-likeness (QED) is 0.757. The molecular formula is C13H21NO3. The van der Waals surface area contributed by atoms with Crippen LogP contribution in [0.1, 0.15) is 30.8 Å². The largest absolute Gasteiger partial charge is 0.464 e. The van der Waals surface area contributed by atoms with Gasteiger partial charge in [-0.1, -0.05) is 6.92 Å². The maximum atomic E-state index is 9.10. The van der Waals surface area contributed by atoms with Gasteiger partial charge in [0.25, 0.3) is 0 Å². The van der Waals surface area contributed by atoms with Crippen LogP contribution in [0.2, 0.25) is 0 Å². The van der Waals surface area contributed by atoms with E-state index in [9.17, 15) is 0 Å². The Balaban J connectivity index is 1.80. The van der Waals surface area contributed by atoms with Crippen LogP contribution in [-0.2, 0) is 11.3 Å². The third kappa shape index (κ3) is 3.31. The monoisotopic (exact) mass is 239 g/mol. The number of ether oxygens (including phenoxy) is 1. The molecule has 1 aliphatic rings. The highest BCUT2D eigenvalue weighted by molar-refractivity contribution is 5.17. The molecule has 1 aromatic heterocycles. The molecule has 0 amide bonds. The average Bonchev–Trinajstić information content (AvgIpc) is 2.89. The molecular weight excluding hydrogens is 218 g/mol. The van der Waals surface area contributed by atoms with E-state index in [1.54, 1.807) is 7.11 Å². The third-order valence-corrected chi connectivity index (χ3v) is 3.31. The van der Waals surface area contributed by atoms with E-state index < -0.39 is 0 Å². The second-order valence-electron chi connectivity index (χ2n) is 4.84. The lowest BCUT2D eigenvalue weighted by molar-refractivity contribution is 0.127. The number of methoxy groups -OCH3 is 1. The summed E-state index contributed by atoms with van der Waals surface area (Å²) in [5.74, 6) is 3.41. The van der Waals surface area contributed by atoms with Gasteiger partial charge in [0.15, 0.2) is 0 Å². The standard InChI is InChI=1S/C13H21NO3/c1-9-5-12(9)13-4-3-11(17-13)6-14-10(7-15)8-16-2/h3-4,9-10,12,14-15H,5-8H2,1-2H3. The summed E-state index contributed by atoms with van der Waals surface area (Å²) in [6.07, 6.45) is 1.24. The minimum atomic E-state index is -0.0339. The Morgan fingerprint density at radius 3 is 2.94 bits per heavy atom. The Bertz CT molecular complexity index is 350. The highest BCUT2D eigenvalue weighted by Crippen LogP contribution is 2.47. The summed E-state index contributed by atoms with van der Waals surface area (Å²) in [7, 11) is 1.63. The van der Waals surface area contributed by atoms with Crippen molar-refractivity contribution in [2.45, 2.75) is 31.8 Å². The lowest BCUT2D eigenvalue weighted by Gasteiger charge is -2.13. The summed E-state index contributed by atoms with van der Waals surface area (Å²) < 4.78 is 10.8. The van der Waals surface area contributed by atoms with E-state index >= 15 is 0 Å². The van der Waals surface area contributed by atoms with Crippen molar-refractivity contribution < 1.29 is 14.3 Å². The van der Waals surface area contributed by atoms with Gasteiger partial charge in [-0.3, -0.25) is 0 Å². The van der Waals surface area contributed by atoms with E-state index in [1.165, 1.54) is 6.42 Å². The molecule has 1 aromatic rings. The molecule has 0 radical (unpaired) electrons. The number of aliphatic hydroxyl groups is 1. The lowest BCUT2D eigenvalue weighted by atomic mass is 10.3. The summed E-state index contributed by atoms with van der Waals surface area (Å²) in [5, 5.41) is 12.3. The van der Waals surface area contributed by atoms with Crippen LogP contribution in [0, 0.1) is 5.92 Å². The molecule has 1 heterocycles. The van der Waals surface area contributed by atoms with Gasteiger partial charge in [-0.2, -0.15) is 0 Å². The summed E-state index contributed by atoms with van der Waals surface area (Å²) in [4.78, 5) is 0. The van der Waals surface area contributed by atoms with Crippen molar-refractivity contribution in [2.75, 3.05) is 20.3 Å². The van der Waals surface area contributed by atoms with Crippen LogP contribution < -0.4 is 5.32 Å². The molecule has 0 spiro atoms. The molecule has 1 aliphatic carbocycles. The highest BCUT2D eigenvalue weighted by Gasteiger charge is 2.36. The van der Waals surface area contributed by atoms with Gasteiger partial charge < -0.3 is 19.6 Å². The fourth-order valence-electron chi connectivity index (χ4n) is 2.03. The predicted molar refractivity (Wildman–Crippen MR) is 64.8 cm³/mol. The van der Waals surface area contributed by atoms with Crippen molar-refractivity contribution in [3.05, 3.63) is 23.7 Å². The van der Waals surface area contributed by atoms with Crippen LogP contribution in [0.4, 0.5) is 0 Å². The first-order chi connectivity index (χ1) is 8.24. The van der Waals surface area contributed by atoms with Gasteiger partial charge in [0, 0.05) is 13.0 Å². The van der Waals surface area contributed by atoms with Gasteiger partial charge in [-0.15, -0.1) is 0 Å². The zero-order valence-electron chi connectivity index (χ0n) is 10.5. The molecule has 1 saturated carbocycles. The highest BCUT2D eigenvalue weighted by atomic mass is 16.5. The van der Waals surface area contributed by atoms with Crippen LogP contribution in [0.15, 0.2) is 16.5 Å². The van der Waals surface area contributed by atoms with Crippen LogP contribution in [-0.4, -0.2) is 31.5 Å². The van der Waals surface area contributed by atoms with E-state index in [0.717, 1.165) is 17.4 Å². The van der Waals surface area contributed by atoms with Gasteiger partial charge in [0.05, 0.1) is 25.8 Å². The maximum absolute atomic E-state index is 9.10. The molecule has 0 aliphatic heterocycles. The van der Waals surface area contributed by atoms with E-state index in [1.807, 2.05) is 6.07 Å². The SMILES string of the molecule is COCC(CO)NCc1ccc(C2CC2C)o1. The van der Waals surface area contributed by atoms with Gasteiger partial charge >= 0.3 is 0 Å². The Kier molecular flexibility index (Phi) is 4.20.